The van der Waals surface area contributed by atoms with Crippen LogP contribution in [0.3, 0.4) is 0 Å². The largest absolute Gasteiger partial charge is 0.394 e. The molecule has 0 aromatic carbocycles. The van der Waals surface area contributed by atoms with E-state index < -0.39 is 35.1 Å². The van der Waals surface area contributed by atoms with Gasteiger partial charge in [-0.3, -0.25) is 14.4 Å². The van der Waals surface area contributed by atoms with E-state index in [1.807, 2.05) is 58.9 Å². The van der Waals surface area contributed by atoms with E-state index in [4.69, 9.17) is 4.74 Å². The molecule has 2 fully saturated rings. The minimum atomic E-state index is -1.27. The summed E-state index contributed by atoms with van der Waals surface area (Å²) in [7, 11) is 1.72. The molecule has 1 unspecified atom stereocenters. The average Bonchev–Trinajstić information content (AvgIpc) is 2.98. The van der Waals surface area contributed by atoms with Gasteiger partial charge in [0.2, 0.25) is 17.7 Å². The van der Waals surface area contributed by atoms with Gasteiger partial charge in [-0.1, -0.05) is 38.2 Å². The highest BCUT2D eigenvalue weighted by Gasteiger charge is 2.75. The van der Waals surface area contributed by atoms with Crippen LogP contribution >= 0.6 is 0 Å². The molecule has 6 atom stereocenters. The molecule has 4 rings (SSSR count). The molecule has 8 heteroatoms. The molecule has 4 aliphatic heterocycles. The van der Waals surface area contributed by atoms with Crippen molar-refractivity contribution < 1.29 is 24.2 Å². The molecule has 1 spiro atoms. The first-order chi connectivity index (χ1) is 15.0. The molecule has 0 bridgehead atoms. The summed E-state index contributed by atoms with van der Waals surface area (Å²) in [5, 5.41) is 10.2. The lowest BCUT2D eigenvalue weighted by atomic mass is 9.74. The molecule has 1 N–H and O–H groups in total. The summed E-state index contributed by atoms with van der Waals surface area (Å²) in [6.07, 6.45) is 7.49. The number of likely N-dealkylation sites (N-methyl/N-ethyl adjacent to an activating group) is 1. The second-order valence-corrected chi connectivity index (χ2v) is 10.3. The first-order valence-corrected chi connectivity index (χ1v) is 11.5. The third-order valence-electron chi connectivity index (χ3n) is 7.66. The van der Waals surface area contributed by atoms with Crippen LogP contribution in [-0.2, 0) is 19.1 Å². The first kappa shape index (κ1) is 23.0. The highest BCUT2D eigenvalue weighted by Crippen LogP contribution is 2.58. The van der Waals surface area contributed by atoms with Crippen LogP contribution in [0.25, 0.3) is 0 Å². The second kappa shape index (κ2) is 7.70. The zero-order valence-corrected chi connectivity index (χ0v) is 19.8. The molecular formula is C24H35N3O5. The molecule has 2 saturated heterocycles. The maximum absolute atomic E-state index is 14.1. The van der Waals surface area contributed by atoms with Crippen molar-refractivity contribution in [1.82, 2.24) is 14.7 Å². The van der Waals surface area contributed by atoms with Crippen LogP contribution in [0.4, 0.5) is 0 Å². The van der Waals surface area contributed by atoms with Gasteiger partial charge in [0, 0.05) is 26.2 Å². The predicted molar refractivity (Wildman–Crippen MR) is 118 cm³/mol. The number of nitrogens with zero attached hydrogens (tertiary/aromatic N) is 3. The van der Waals surface area contributed by atoms with E-state index in [-0.39, 0.29) is 36.3 Å². The van der Waals surface area contributed by atoms with Gasteiger partial charge in [-0.15, -0.1) is 0 Å². The van der Waals surface area contributed by atoms with Gasteiger partial charge in [0.25, 0.3) is 0 Å². The maximum Gasteiger partial charge on any atom is 0.249 e. The third kappa shape index (κ3) is 2.99. The number of rotatable bonds is 4. The van der Waals surface area contributed by atoms with Gasteiger partial charge in [0.15, 0.2) is 0 Å². The summed E-state index contributed by atoms with van der Waals surface area (Å²) in [5.41, 5.74) is -2.27. The minimum Gasteiger partial charge on any atom is -0.394 e. The number of carbonyl (C=O) groups is 3. The molecule has 0 radical (unpaired) electrons. The molecule has 0 aliphatic carbocycles. The Balaban J connectivity index is 1.94. The standard InChI is InChI=1S/C24H35N3O5/c1-14(2)16(13-28)27-19-22(31)26(15(3)4)12-8-10-24(19)18(21(27)30)17-20(29)25(6)11-7-9-23(17,5)32-24/h7-10,14-19,28H,11-13H2,1-6H3/t16-,17+,18-,19?,23-,24-/m0/s1. The van der Waals surface area contributed by atoms with Gasteiger partial charge in [0.05, 0.1) is 30.1 Å². The Bertz CT molecular complexity index is 883. The van der Waals surface area contributed by atoms with E-state index in [0.29, 0.717) is 13.1 Å². The number of fused-ring (bicyclic) bond motifs is 2. The van der Waals surface area contributed by atoms with Gasteiger partial charge in [-0.25, -0.2) is 0 Å². The van der Waals surface area contributed by atoms with Crippen molar-refractivity contribution in [3.63, 3.8) is 0 Å². The van der Waals surface area contributed by atoms with E-state index in [1.165, 1.54) is 4.90 Å². The highest BCUT2D eigenvalue weighted by atomic mass is 16.5. The Labute approximate surface area is 189 Å². The lowest BCUT2D eigenvalue weighted by Crippen LogP contribution is -2.60. The van der Waals surface area contributed by atoms with Crippen LogP contribution in [0.2, 0.25) is 0 Å². The fraction of sp³-hybridized carbons (Fsp3) is 0.708. The number of carbonyl (C=O) groups excluding carboxylic acids is 3. The molecule has 32 heavy (non-hydrogen) atoms. The number of aliphatic hydroxyl groups is 1. The molecule has 0 aromatic heterocycles. The maximum atomic E-state index is 14.1. The van der Waals surface area contributed by atoms with Crippen LogP contribution in [0.5, 0.6) is 0 Å². The van der Waals surface area contributed by atoms with Crippen molar-refractivity contribution in [3.05, 3.63) is 24.3 Å². The summed E-state index contributed by atoms with van der Waals surface area (Å²) in [6.45, 7) is 10.1. The monoisotopic (exact) mass is 445 g/mol. The van der Waals surface area contributed by atoms with Gasteiger partial charge >= 0.3 is 0 Å². The predicted octanol–water partition coefficient (Wildman–Crippen LogP) is 0.809. The van der Waals surface area contributed by atoms with Gasteiger partial charge in [-0.05, 0) is 26.7 Å². The Morgan fingerprint density at radius 1 is 1.03 bits per heavy atom. The molecular weight excluding hydrogens is 410 g/mol. The van der Waals surface area contributed by atoms with Crippen molar-refractivity contribution in [2.24, 2.45) is 17.8 Å². The topological polar surface area (TPSA) is 90.4 Å². The van der Waals surface area contributed by atoms with Gasteiger partial charge < -0.3 is 24.5 Å². The van der Waals surface area contributed by atoms with Crippen molar-refractivity contribution in [2.75, 3.05) is 26.7 Å². The molecule has 0 saturated carbocycles. The Hall–Kier alpha value is -2.19. The highest BCUT2D eigenvalue weighted by molar-refractivity contribution is 6.00. The van der Waals surface area contributed by atoms with Gasteiger partial charge in [0.1, 0.15) is 11.6 Å². The number of hydrogen-bond donors (Lipinski definition) is 1. The van der Waals surface area contributed by atoms with E-state index >= 15 is 0 Å². The quantitative estimate of drug-likeness (QED) is 0.647. The normalized spacial score (nSPS) is 37.7. The average molecular weight is 446 g/mol. The number of likely N-dealkylation sites (tertiary alicyclic amines) is 1. The van der Waals surface area contributed by atoms with Crippen LogP contribution in [0, 0.1) is 17.8 Å². The molecule has 8 nitrogen and oxygen atoms in total. The van der Waals surface area contributed by atoms with Gasteiger partial charge in [-0.2, -0.15) is 0 Å². The Morgan fingerprint density at radius 3 is 2.28 bits per heavy atom. The zero-order chi connectivity index (χ0) is 23.6. The molecule has 4 heterocycles. The molecule has 4 aliphatic rings. The van der Waals surface area contributed by atoms with Crippen molar-refractivity contribution in [2.45, 2.75) is 63.9 Å². The Kier molecular flexibility index (Phi) is 5.53. The van der Waals surface area contributed by atoms with Crippen molar-refractivity contribution in [1.29, 1.82) is 0 Å². The number of hydrogen-bond acceptors (Lipinski definition) is 5. The zero-order valence-electron chi connectivity index (χ0n) is 19.8. The second-order valence-electron chi connectivity index (χ2n) is 10.3. The minimum absolute atomic E-state index is 0.0694. The van der Waals surface area contributed by atoms with Crippen LogP contribution in [-0.4, -0.2) is 93.6 Å². The molecule has 176 valence electrons. The van der Waals surface area contributed by atoms with E-state index in [2.05, 4.69) is 0 Å². The summed E-state index contributed by atoms with van der Waals surface area (Å²) in [4.78, 5) is 46.4. The summed E-state index contributed by atoms with van der Waals surface area (Å²) in [6, 6.07) is -1.56. The fourth-order valence-corrected chi connectivity index (χ4v) is 6.04. The lowest BCUT2D eigenvalue weighted by molar-refractivity contribution is -0.157. The SMILES string of the molecule is CC(C)[C@H](CO)N1C(=O)[C@@H]2[C@@H]3C(=O)N(C)CC=C[C@]3(C)O[C@@]23C=CCN(C(C)C)C(=O)C13. The Morgan fingerprint density at radius 2 is 1.69 bits per heavy atom. The van der Waals surface area contributed by atoms with E-state index in [1.54, 1.807) is 16.8 Å². The smallest absolute Gasteiger partial charge is 0.249 e. The van der Waals surface area contributed by atoms with Crippen LogP contribution in [0.1, 0.15) is 34.6 Å². The van der Waals surface area contributed by atoms with E-state index in [0.717, 1.165) is 0 Å². The summed E-state index contributed by atoms with van der Waals surface area (Å²) in [5.74, 6) is -2.33. The summed E-state index contributed by atoms with van der Waals surface area (Å²) < 4.78 is 6.71. The number of amides is 3. The fourth-order valence-electron chi connectivity index (χ4n) is 6.04. The van der Waals surface area contributed by atoms with Crippen molar-refractivity contribution >= 4 is 17.7 Å². The number of ether oxygens (including phenoxy) is 1. The van der Waals surface area contributed by atoms with E-state index in [9.17, 15) is 19.5 Å². The van der Waals surface area contributed by atoms with Crippen molar-refractivity contribution in [3.8, 4) is 0 Å². The molecule has 0 aromatic rings. The first-order valence-electron chi connectivity index (χ1n) is 11.5. The summed E-state index contributed by atoms with van der Waals surface area (Å²) >= 11 is 0. The van der Waals surface area contributed by atoms with Crippen LogP contribution in [0.15, 0.2) is 24.3 Å². The molecule has 3 amide bonds. The lowest BCUT2D eigenvalue weighted by Gasteiger charge is -2.41. The third-order valence-corrected chi connectivity index (χ3v) is 7.66. The van der Waals surface area contributed by atoms with Crippen LogP contribution < -0.4 is 0 Å². The number of aliphatic hydroxyl groups excluding tert-OH is 1.